The van der Waals surface area contributed by atoms with Crippen LogP contribution in [0.15, 0.2) is 59.6 Å². The van der Waals surface area contributed by atoms with E-state index >= 15 is 0 Å². The molecular weight excluding hydrogens is 360 g/mol. The van der Waals surface area contributed by atoms with Crippen LogP contribution in [0, 0.1) is 0 Å². The van der Waals surface area contributed by atoms with Gasteiger partial charge in [0, 0.05) is 5.69 Å². The zero-order valence-electron chi connectivity index (χ0n) is 13.3. The lowest BCUT2D eigenvalue weighted by molar-refractivity contribution is 0.0696. The van der Waals surface area contributed by atoms with Crippen LogP contribution >= 0.6 is 0 Å². The number of hydrogen-bond acceptors (Lipinski definition) is 6. The second-order valence-electron chi connectivity index (χ2n) is 5.30. The zero-order valence-corrected chi connectivity index (χ0v) is 14.1. The first-order valence-corrected chi connectivity index (χ1v) is 8.86. The molecule has 0 aliphatic carbocycles. The fraction of sp³-hybridized carbons (Fsp3) is 0.0625. The van der Waals surface area contributed by atoms with Gasteiger partial charge in [-0.05, 0) is 42.5 Å². The summed E-state index contributed by atoms with van der Waals surface area (Å²) in [5.74, 6) is -1.21. The summed E-state index contributed by atoms with van der Waals surface area (Å²) in [4.78, 5) is 10.8. The number of carboxylic acids is 1. The summed E-state index contributed by atoms with van der Waals surface area (Å²) in [5, 5.41) is 25.6. The minimum atomic E-state index is -3.93. The van der Waals surface area contributed by atoms with E-state index in [1.54, 1.807) is 18.3 Å². The van der Waals surface area contributed by atoms with E-state index in [-0.39, 0.29) is 17.1 Å². The molecule has 0 atom stereocenters. The molecule has 9 nitrogen and oxygen atoms in total. The van der Waals surface area contributed by atoms with E-state index in [9.17, 15) is 13.2 Å². The quantitative estimate of drug-likeness (QED) is 0.591. The summed E-state index contributed by atoms with van der Waals surface area (Å²) in [7, 11) is -3.93. The van der Waals surface area contributed by atoms with Gasteiger partial charge in [-0.3, -0.25) is 4.72 Å². The molecule has 0 aliphatic rings. The molecule has 134 valence electrons. The van der Waals surface area contributed by atoms with Crippen LogP contribution < -0.4 is 4.72 Å². The molecule has 0 bridgehead atoms. The van der Waals surface area contributed by atoms with Gasteiger partial charge in [-0.25, -0.2) is 17.9 Å². The highest BCUT2D eigenvalue weighted by atomic mass is 32.2. The molecule has 26 heavy (non-hydrogen) atoms. The number of rotatable bonds is 6. The Labute approximate surface area is 148 Å². The van der Waals surface area contributed by atoms with Crippen molar-refractivity contribution in [3.63, 3.8) is 0 Å². The lowest BCUT2D eigenvalue weighted by atomic mass is 10.2. The van der Waals surface area contributed by atoms with Crippen molar-refractivity contribution >= 4 is 21.7 Å². The molecule has 0 saturated carbocycles. The number of carbonyl (C=O) groups is 1. The highest BCUT2D eigenvalue weighted by molar-refractivity contribution is 7.92. The van der Waals surface area contributed by atoms with Gasteiger partial charge < -0.3 is 10.2 Å². The second kappa shape index (κ2) is 6.94. The predicted octanol–water partition coefficient (Wildman–Crippen LogP) is 1.26. The van der Waals surface area contributed by atoms with E-state index < -0.39 is 16.0 Å². The van der Waals surface area contributed by atoms with Crippen molar-refractivity contribution in [3.05, 3.63) is 66.0 Å². The predicted molar refractivity (Wildman–Crippen MR) is 91.5 cm³/mol. The van der Waals surface area contributed by atoms with E-state index in [0.717, 1.165) is 6.07 Å². The fourth-order valence-corrected chi connectivity index (χ4v) is 3.29. The molecule has 0 fully saturated rings. The number of sulfonamides is 1. The van der Waals surface area contributed by atoms with E-state index in [0.29, 0.717) is 17.1 Å². The number of aliphatic hydroxyl groups excluding tert-OH is 1. The molecule has 1 aromatic heterocycles. The van der Waals surface area contributed by atoms with Crippen LogP contribution in [0.25, 0.3) is 5.69 Å². The molecular formula is C16H14N4O5S. The minimum Gasteiger partial charge on any atom is -0.478 e. The second-order valence-corrected chi connectivity index (χ2v) is 6.98. The molecule has 0 radical (unpaired) electrons. The molecule has 0 aliphatic heterocycles. The number of anilines is 1. The Morgan fingerprint density at radius 2 is 1.88 bits per heavy atom. The Morgan fingerprint density at radius 3 is 2.50 bits per heavy atom. The fourth-order valence-electron chi connectivity index (χ4n) is 2.19. The lowest BCUT2D eigenvalue weighted by Crippen LogP contribution is -2.13. The first-order valence-electron chi connectivity index (χ1n) is 7.38. The van der Waals surface area contributed by atoms with Gasteiger partial charge in [-0.1, -0.05) is 11.3 Å². The lowest BCUT2D eigenvalue weighted by Gasteiger charge is -2.09. The van der Waals surface area contributed by atoms with Crippen LogP contribution in [0.5, 0.6) is 0 Å². The van der Waals surface area contributed by atoms with E-state index in [4.69, 9.17) is 10.2 Å². The number of aliphatic hydroxyl groups is 1. The number of nitrogens with one attached hydrogen (secondary N) is 1. The van der Waals surface area contributed by atoms with Gasteiger partial charge in [-0.2, -0.15) is 0 Å². The van der Waals surface area contributed by atoms with Gasteiger partial charge in [0.25, 0.3) is 10.0 Å². The van der Waals surface area contributed by atoms with Gasteiger partial charge in [-0.15, -0.1) is 5.10 Å². The van der Waals surface area contributed by atoms with E-state index in [1.165, 1.54) is 35.0 Å². The van der Waals surface area contributed by atoms with Gasteiger partial charge in [0.05, 0.1) is 29.0 Å². The van der Waals surface area contributed by atoms with Crippen molar-refractivity contribution in [2.45, 2.75) is 11.5 Å². The molecule has 0 saturated heterocycles. The van der Waals surface area contributed by atoms with Gasteiger partial charge in [0.1, 0.15) is 5.69 Å². The summed E-state index contributed by atoms with van der Waals surface area (Å²) >= 11 is 0. The third kappa shape index (κ3) is 3.71. The third-order valence-corrected chi connectivity index (χ3v) is 4.86. The summed E-state index contributed by atoms with van der Waals surface area (Å²) in [6.07, 6.45) is 1.55. The molecule has 3 rings (SSSR count). The van der Waals surface area contributed by atoms with Crippen molar-refractivity contribution in [2.75, 3.05) is 4.72 Å². The van der Waals surface area contributed by atoms with Crippen molar-refractivity contribution in [2.24, 2.45) is 0 Å². The zero-order chi connectivity index (χ0) is 18.7. The number of hydrogen-bond donors (Lipinski definition) is 3. The first kappa shape index (κ1) is 17.6. The standard InChI is InChI=1S/C16H14N4O5S/c21-10-13-9-20(19-17-13)14-6-4-12(5-7-14)18-26(24,25)15-3-1-2-11(8-15)16(22)23/h1-9,18,21H,10H2,(H,22,23). The third-order valence-electron chi connectivity index (χ3n) is 3.48. The minimum absolute atomic E-state index is 0.117. The number of aromatic nitrogens is 3. The monoisotopic (exact) mass is 374 g/mol. The summed E-state index contributed by atoms with van der Waals surface area (Å²) in [6, 6.07) is 11.4. The molecule has 3 N–H and O–H groups in total. The van der Waals surface area contributed by atoms with Gasteiger partial charge in [0.2, 0.25) is 0 Å². The molecule has 0 spiro atoms. The van der Waals surface area contributed by atoms with Crippen LogP contribution in [-0.2, 0) is 16.6 Å². The van der Waals surface area contributed by atoms with Crippen LogP contribution in [0.3, 0.4) is 0 Å². The highest BCUT2D eigenvalue weighted by Gasteiger charge is 2.16. The molecule has 2 aromatic carbocycles. The molecule has 3 aromatic rings. The van der Waals surface area contributed by atoms with Gasteiger partial charge in [0.15, 0.2) is 0 Å². The van der Waals surface area contributed by atoms with Gasteiger partial charge >= 0.3 is 5.97 Å². The van der Waals surface area contributed by atoms with Crippen molar-refractivity contribution in [1.29, 1.82) is 0 Å². The summed E-state index contributed by atoms with van der Waals surface area (Å²) < 4.78 is 28.7. The maximum Gasteiger partial charge on any atom is 0.335 e. The number of nitrogens with zero attached hydrogens (tertiary/aromatic N) is 3. The van der Waals surface area contributed by atoms with E-state index in [2.05, 4.69) is 15.0 Å². The maximum absolute atomic E-state index is 12.4. The van der Waals surface area contributed by atoms with Crippen molar-refractivity contribution in [3.8, 4) is 5.69 Å². The summed E-state index contributed by atoms with van der Waals surface area (Å²) in [5.41, 5.74) is 1.23. The Bertz CT molecular complexity index is 1040. The Morgan fingerprint density at radius 1 is 1.15 bits per heavy atom. The Hall–Kier alpha value is -3.24. The topological polar surface area (TPSA) is 134 Å². The van der Waals surface area contributed by atoms with Crippen molar-refractivity contribution < 1.29 is 23.4 Å². The molecule has 10 heteroatoms. The molecule has 0 unspecified atom stereocenters. The largest absolute Gasteiger partial charge is 0.478 e. The molecule has 0 amide bonds. The summed E-state index contributed by atoms with van der Waals surface area (Å²) in [6.45, 7) is -0.229. The van der Waals surface area contributed by atoms with Crippen LogP contribution in [0.4, 0.5) is 5.69 Å². The average Bonchev–Trinajstić information content (AvgIpc) is 3.11. The van der Waals surface area contributed by atoms with E-state index in [1.807, 2.05) is 0 Å². The smallest absolute Gasteiger partial charge is 0.335 e. The highest BCUT2D eigenvalue weighted by Crippen LogP contribution is 2.19. The van der Waals surface area contributed by atoms with Crippen molar-refractivity contribution in [1.82, 2.24) is 15.0 Å². The molecule has 1 heterocycles. The van der Waals surface area contributed by atoms with Crippen LogP contribution in [-0.4, -0.2) is 39.6 Å². The van der Waals surface area contributed by atoms with Crippen LogP contribution in [0.2, 0.25) is 0 Å². The first-order chi connectivity index (χ1) is 12.4. The Kier molecular flexibility index (Phi) is 4.69. The number of benzene rings is 2. The average molecular weight is 374 g/mol. The maximum atomic E-state index is 12.4. The number of aromatic carboxylic acids is 1. The number of carboxylic acid groups (broad SMARTS) is 1. The normalized spacial score (nSPS) is 11.3. The Balaban J connectivity index is 1.81. The van der Waals surface area contributed by atoms with Crippen LogP contribution in [0.1, 0.15) is 16.1 Å². The SMILES string of the molecule is O=C(O)c1cccc(S(=O)(=O)Nc2ccc(-n3cc(CO)nn3)cc2)c1.